The van der Waals surface area contributed by atoms with Crippen molar-refractivity contribution in [1.82, 2.24) is 0 Å². The number of para-hydroxylation sites is 2. The lowest BCUT2D eigenvalue weighted by Crippen LogP contribution is -2.32. The van der Waals surface area contributed by atoms with Crippen LogP contribution in [-0.4, -0.2) is 0 Å². The number of benzene rings is 8. The standard InChI is InChI=1S/C55H41NO/c1-53(2)42-20-9-7-18-40(42)52-46(53)24-15-25-49(52)56(34-28-30-38-36-16-5-8-19-41(36)54(3,4)47(38)32-34)35-29-31-39-37-17-6-10-21-43(37)55(48(39)33-35)44-22-11-13-26-50(44)57-51-27-14-12-23-45(51)55/h5-33H,1-4H3. The molecule has 0 saturated heterocycles. The molecule has 0 radical (unpaired) electrons. The molecular weight excluding hydrogens is 691 g/mol. The van der Waals surface area contributed by atoms with E-state index in [-0.39, 0.29) is 10.8 Å². The molecule has 0 fully saturated rings. The Morgan fingerprint density at radius 3 is 1.44 bits per heavy atom. The highest BCUT2D eigenvalue weighted by Crippen LogP contribution is 2.63. The maximum Gasteiger partial charge on any atom is 0.132 e. The molecule has 57 heavy (non-hydrogen) atoms. The van der Waals surface area contributed by atoms with E-state index in [1.54, 1.807) is 0 Å². The van der Waals surface area contributed by atoms with Crippen molar-refractivity contribution in [3.8, 4) is 44.9 Å². The van der Waals surface area contributed by atoms with Gasteiger partial charge in [-0.25, -0.2) is 0 Å². The third-order valence-corrected chi connectivity index (χ3v) is 13.7. The number of ether oxygens (including phenoxy) is 1. The molecule has 3 aliphatic carbocycles. The van der Waals surface area contributed by atoms with Crippen molar-refractivity contribution in [2.24, 2.45) is 0 Å². The van der Waals surface area contributed by atoms with Crippen LogP contribution in [0.1, 0.15) is 72.2 Å². The second-order valence-corrected chi connectivity index (χ2v) is 17.2. The smallest absolute Gasteiger partial charge is 0.132 e. The molecule has 2 nitrogen and oxygen atoms in total. The largest absolute Gasteiger partial charge is 0.457 e. The van der Waals surface area contributed by atoms with E-state index in [2.05, 4.69) is 209 Å². The lowest BCUT2D eigenvalue weighted by molar-refractivity contribution is 0.436. The summed E-state index contributed by atoms with van der Waals surface area (Å²) in [6.07, 6.45) is 0. The molecule has 0 amide bonds. The molecule has 0 aromatic heterocycles. The fourth-order valence-electron chi connectivity index (χ4n) is 11.2. The molecule has 272 valence electrons. The van der Waals surface area contributed by atoms with Crippen LogP contribution in [0.3, 0.4) is 0 Å². The first-order valence-electron chi connectivity index (χ1n) is 20.2. The molecule has 0 bridgehead atoms. The van der Waals surface area contributed by atoms with Gasteiger partial charge in [0.25, 0.3) is 0 Å². The van der Waals surface area contributed by atoms with Crippen LogP contribution in [0.25, 0.3) is 33.4 Å². The van der Waals surface area contributed by atoms with Gasteiger partial charge < -0.3 is 9.64 Å². The zero-order valence-electron chi connectivity index (χ0n) is 32.6. The minimum absolute atomic E-state index is 0.131. The Balaban J connectivity index is 1.16. The van der Waals surface area contributed by atoms with Crippen LogP contribution in [-0.2, 0) is 16.2 Å². The molecule has 1 aliphatic heterocycles. The first-order valence-corrected chi connectivity index (χ1v) is 20.2. The monoisotopic (exact) mass is 731 g/mol. The molecule has 0 N–H and O–H groups in total. The highest BCUT2D eigenvalue weighted by atomic mass is 16.5. The molecule has 1 heterocycles. The fraction of sp³-hybridized carbons (Fsp3) is 0.127. The van der Waals surface area contributed by atoms with Crippen molar-refractivity contribution in [2.75, 3.05) is 4.90 Å². The summed E-state index contributed by atoms with van der Waals surface area (Å²) in [5, 5.41) is 0. The SMILES string of the molecule is CC1(C)c2ccccc2-c2ccc(N(c3ccc4c(c3)C3(c5ccccc5Oc5ccccc53)c3ccccc3-4)c3cccc4c3-c3ccccc3C4(C)C)cc21. The van der Waals surface area contributed by atoms with Crippen molar-refractivity contribution in [3.05, 3.63) is 220 Å². The Morgan fingerprint density at radius 1 is 0.351 bits per heavy atom. The second-order valence-electron chi connectivity index (χ2n) is 17.2. The van der Waals surface area contributed by atoms with Gasteiger partial charge in [0, 0.05) is 38.9 Å². The number of hydrogen-bond acceptors (Lipinski definition) is 2. The van der Waals surface area contributed by atoms with E-state index in [1.807, 2.05) is 0 Å². The van der Waals surface area contributed by atoms with Gasteiger partial charge in [-0.2, -0.15) is 0 Å². The summed E-state index contributed by atoms with van der Waals surface area (Å²) in [6, 6.07) is 65.5. The summed E-state index contributed by atoms with van der Waals surface area (Å²) < 4.78 is 6.69. The van der Waals surface area contributed by atoms with Crippen LogP contribution in [0.4, 0.5) is 17.1 Å². The molecule has 4 aliphatic rings. The Hall–Kier alpha value is -6.64. The zero-order valence-corrected chi connectivity index (χ0v) is 32.6. The van der Waals surface area contributed by atoms with Crippen molar-refractivity contribution < 1.29 is 4.74 Å². The topological polar surface area (TPSA) is 12.5 Å². The Kier molecular flexibility index (Phi) is 6.42. The third kappa shape index (κ3) is 4.10. The molecule has 1 spiro atoms. The van der Waals surface area contributed by atoms with E-state index in [0.717, 1.165) is 22.9 Å². The van der Waals surface area contributed by atoms with Gasteiger partial charge in [0.05, 0.1) is 11.1 Å². The number of hydrogen-bond donors (Lipinski definition) is 0. The van der Waals surface area contributed by atoms with E-state index in [1.165, 1.54) is 83.6 Å². The van der Waals surface area contributed by atoms with Crippen LogP contribution < -0.4 is 9.64 Å². The predicted molar refractivity (Wildman–Crippen MR) is 234 cm³/mol. The van der Waals surface area contributed by atoms with Gasteiger partial charge in [0.2, 0.25) is 0 Å². The van der Waals surface area contributed by atoms with Crippen molar-refractivity contribution >= 4 is 17.1 Å². The van der Waals surface area contributed by atoms with Crippen LogP contribution in [0.5, 0.6) is 11.5 Å². The van der Waals surface area contributed by atoms with Crippen LogP contribution in [0.2, 0.25) is 0 Å². The maximum absolute atomic E-state index is 6.69. The summed E-state index contributed by atoms with van der Waals surface area (Å²) in [5.74, 6) is 1.81. The van der Waals surface area contributed by atoms with E-state index in [0.29, 0.717) is 0 Å². The van der Waals surface area contributed by atoms with Gasteiger partial charge >= 0.3 is 0 Å². The minimum atomic E-state index is -0.562. The summed E-state index contributed by atoms with van der Waals surface area (Å²) >= 11 is 0. The van der Waals surface area contributed by atoms with Gasteiger partial charge in [-0.1, -0.05) is 161 Å². The number of anilines is 3. The molecular formula is C55H41NO. The van der Waals surface area contributed by atoms with Gasteiger partial charge in [0.1, 0.15) is 11.5 Å². The van der Waals surface area contributed by atoms with E-state index < -0.39 is 5.41 Å². The highest BCUT2D eigenvalue weighted by Gasteiger charge is 2.51. The average Bonchev–Trinajstić information content (AvgIpc) is 3.76. The van der Waals surface area contributed by atoms with Gasteiger partial charge in [-0.05, 0) is 104 Å². The number of rotatable bonds is 3. The summed E-state index contributed by atoms with van der Waals surface area (Å²) in [7, 11) is 0. The Bertz CT molecular complexity index is 2970. The number of nitrogens with zero attached hydrogens (tertiary/aromatic N) is 1. The van der Waals surface area contributed by atoms with E-state index in [9.17, 15) is 0 Å². The third-order valence-electron chi connectivity index (χ3n) is 13.7. The normalized spacial score (nSPS) is 15.9. The first kappa shape index (κ1) is 32.6. The summed E-state index contributed by atoms with van der Waals surface area (Å²) in [4.78, 5) is 2.55. The molecule has 0 saturated carbocycles. The number of fused-ring (bicyclic) bond motifs is 15. The van der Waals surface area contributed by atoms with E-state index >= 15 is 0 Å². The molecule has 0 unspecified atom stereocenters. The van der Waals surface area contributed by atoms with Crippen molar-refractivity contribution in [3.63, 3.8) is 0 Å². The molecule has 8 aromatic carbocycles. The quantitative estimate of drug-likeness (QED) is 0.179. The van der Waals surface area contributed by atoms with Crippen LogP contribution in [0.15, 0.2) is 176 Å². The molecule has 2 heteroatoms. The second kappa shape index (κ2) is 11.2. The van der Waals surface area contributed by atoms with Gasteiger partial charge in [0.15, 0.2) is 0 Å². The lowest BCUT2D eigenvalue weighted by atomic mass is 9.66. The lowest BCUT2D eigenvalue weighted by Gasteiger charge is -2.39. The zero-order chi connectivity index (χ0) is 38.3. The minimum Gasteiger partial charge on any atom is -0.457 e. The maximum atomic E-state index is 6.69. The van der Waals surface area contributed by atoms with Crippen LogP contribution in [0, 0.1) is 0 Å². The van der Waals surface area contributed by atoms with Crippen LogP contribution >= 0.6 is 0 Å². The Labute approximate surface area is 334 Å². The molecule has 8 aromatic rings. The molecule has 12 rings (SSSR count). The summed E-state index contributed by atoms with van der Waals surface area (Å²) in [6.45, 7) is 9.50. The fourth-order valence-corrected chi connectivity index (χ4v) is 11.2. The average molecular weight is 732 g/mol. The predicted octanol–water partition coefficient (Wildman–Crippen LogP) is 14.2. The first-order chi connectivity index (χ1) is 27.8. The highest BCUT2D eigenvalue weighted by molar-refractivity contribution is 5.97. The van der Waals surface area contributed by atoms with E-state index in [4.69, 9.17) is 4.74 Å². The van der Waals surface area contributed by atoms with Gasteiger partial charge in [-0.15, -0.1) is 0 Å². The van der Waals surface area contributed by atoms with Crippen molar-refractivity contribution in [2.45, 2.75) is 43.9 Å². The molecule has 0 atom stereocenters. The Morgan fingerprint density at radius 2 is 0.789 bits per heavy atom. The summed E-state index contributed by atoms with van der Waals surface area (Å²) in [5.41, 5.74) is 20.8. The van der Waals surface area contributed by atoms with Crippen molar-refractivity contribution in [1.29, 1.82) is 0 Å². The van der Waals surface area contributed by atoms with Gasteiger partial charge in [-0.3, -0.25) is 0 Å².